The number of imidazole rings is 1. The molecule has 0 bridgehead atoms. The molecule has 0 aliphatic heterocycles. The summed E-state index contributed by atoms with van der Waals surface area (Å²) in [5.74, 6) is 0.633. The smallest absolute Gasteiger partial charge is 0.316 e. The molecule has 0 aliphatic carbocycles. The second-order valence-electron chi connectivity index (χ2n) is 6.51. The van der Waals surface area contributed by atoms with E-state index >= 15 is 0 Å². The van der Waals surface area contributed by atoms with Crippen LogP contribution in [0.5, 0.6) is 5.75 Å². The first-order valence-corrected chi connectivity index (χ1v) is 9.70. The number of urea groups is 1. The van der Waals surface area contributed by atoms with Crippen LogP contribution in [0, 0.1) is 0 Å². The van der Waals surface area contributed by atoms with Crippen LogP contribution in [0.15, 0.2) is 42.7 Å². The first-order valence-electron chi connectivity index (χ1n) is 9.29. The number of carbonyl (C=O) groups excluding carboxylic acids is 1. The van der Waals surface area contributed by atoms with E-state index in [2.05, 4.69) is 27.9 Å². The van der Waals surface area contributed by atoms with Gasteiger partial charge < -0.3 is 31.0 Å². The lowest BCUT2D eigenvalue weighted by atomic mass is 10.2. The van der Waals surface area contributed by atoms with Gasteiger partial charge in [0.05, 0.1) is 29.8 Å². The molecule has 0 spiro atoms. The van der Waals surface area contributed by atoms with E-state index in [1.54, 1.807) is 24.5 Å². The lowest BCUT2D eigenvalue weighted by molar-refractivity contribution is 0.259. The van der Waals surface area contributed by atoms with E-state index in [-0.39, 0.29) is 0 Å². The van der Waals surface area contributed by atoms with Gasteiger partial charge in [0, 0.05) is 12.7 Å². The largest absolute Gasteiger partial charge is 0.491 e. The minimum absolute atomic E-state index is 0.375. The van der Waals surface area contributed by atoms with Crippen molar-refractivity contribution in [2.45, 2.75) is 19.8 Å². The SMILES string of the molecule is CCCCOc1ccc(NC(N)=O)cc1NC(=S)Nc1cccc2c1ncn2C. The van der Waals surface area contributed by atoms with Crippen LogP contribution in [-0.2, 0) is 7.05 Å². The zero-order valence-electron chi connectivity index (χ0n) is 16.4. The average molecular weight is 413 g/mol. The van der Waals surface area contributed by atoms with Crippen LogP contribution in [-0.4, -0.2) is 27.3 Å². The van der Waals surface area contributed by atoms with Crippen molar-refractivity contribution in [1.82, 2.24) is 9.55 Å². The maximum Gasteiger partial charge on any atom is 0.316 e. The van der Waals surface area contributed by atoms with E-state index in [4.69, 9.17) is 22.7 Å². The minimum atomic E-state index is -0.641. The van der Waals surface area contributed by atoms with Crippen molar-refractivity contribution in [1.29, 1.82) is 0 Å². The normalized spacial score (nSPS) is 10.6. The number of carbonyl (C=O) groups is 1. The van der Waals surface area contributed by atoms with Crippen LogP contribution in [0.1, 0.15) is 19.8 Å². The number of hydrogen-bond donors (Lipinski definition) is 4. The molecule has 1 aromatic heterocycles. The molecule has 3 rings (SSSR count). The predicted octanol–water partition coefficient (Wildman–Crippen LogP) is 4.05. The first kappa shape index (κ1) is 20.4. The number of amides is 2. The van der Waals surface area contributed by atoms with Crippen molar-refractivity contribution in [3.63, 3.8) is 0 Å². The fourth-order valence-corrected chi connectivity index (χ4v) is 3.05. The number of aromatic nitrogens is 2. The predicted molar refractivity (Wildman–Crippen MR) is 121 cm³/mol. The standard InChI is InChI=1S/C20H24N6O2S/c1-3-4-10-28-17-9-8-13(23-19(21)27)11-15(17)25-20(29)24-14-6-5-7-16-18(14)22-12-26(16)2/h5-9,11-12H,3-4,10H2,1-2H3,(H3,21,23,27)(H2,24,25,29). The summed E-state index contributed by atoms with van der Waals surface area (Å²) >= 11 is 5.49. The fourth-order valence-electron chi connectivity index (χ4n) is 2.83. The van der Waals surface area contributed by atoms with E-state index in [1.807, 2.05) is 29.8 Å². The first-order chi connectivity index (χ1) is 14.0. The Balaban J connectivity index is 1.80. The fraction of sp³-hybridized carbons (Fsp3) is 0.250. The number of unbranched alkanes of at least 4 members (excludes halogenated alkanes) is 1. The van der Waals surface area contributed by atoms with Crippen LogP contribution in [0.4, 0.5) is 21.9 Å². The Hall–Kier alpha value is -3.33. The number of primary amides is 1. The summed E-state index contributed by atoms with van der Waals surface area (Å²) in [6, 6.07) is 10.4. The van der Waals surface area contributed by atoms with Crippen LogP contribution in [0.3, 0.4) is 0 Å². The number of hydrogen-bond acceptors (Lipinski definition) is 4. The summed E-state index contributed by atoms with van der Waals surface area (Å²) in [6.07, 6.45) is 3.72. The molecule has 0 fully saturated rings. The quantitative estimate of drug-likeness (QED) is 0.345. The van der Waals surface area contributed by atoms with Gasteiger partial charge in [0.1, 0.15) is 11.3 Å². The topological polar surface area (TPSA) is 106 Å². The molecule has 0 aliphatic rings. The molecule has 0 unspecified atom stereocenters. The van der Waals surface area contributed by atoms with Gasteiger partial charge in [-0.25, -0.2) is 9.78 Å². The number of fused-ring (bicyclic) bond motifs is 1. The van der Waals surface area contributed by atoms with Gasteiger partial charge >= 0.3 is 6.03 Å². The van der Waals surface area contributed by atoms with Crippen LogP contribution >= 0.6 is 12.2 Å². The van der Waals surface area contributed by atoms with E-state index in [0.717, 1.165) is 29.6 Å². The third-order valence-electron chi connectivity index (χ3n) is 4.25. The van der Waals surface area contributed by atoms with Gasteiger partial charge in [-0.1, -0.05) is 19.4 Å². The van der Waals surface area contributed by atoms with Gasteiger partial charge in [0.2, 0.25) is 0 Å². The molecule has 152 valence electrons. The molecular weight excluding hydrogens is 388 g/mol. The minimum Gasteiger partial charge on any atom is -0.491 e. The van der Waals surface area contributed by atoms with Gasteiger partial charge in [0.15, 0.2) is 5.11 Å². The number of para-hydroxylation sites is 1. The van der Waals surface area contributed by atoms with E-state index < -0.39 is 6.03 Å². The molecular formula is C20H24N6O2S. The second kappa shape index (κ2) is 9.24. The molecule has 1 heterocycles. The van der Waals surface area contributed by atoms with Gasteiger partial charge in [-0.05, 0) is 49.0 Å². The molecule has 0 saturated heterocycles. The van der Waals surface area contributed by atoms with Gasteiger partial charge in [-0.15, -0.1) is 0 Å². The summed E-state index contributed by atoms with van der Waals surface area (Å²) in [5.41, 5.74) is 8.99. The number of benzene rings is 2. The molecule has 2 amide bonds. The number of rotatable bonds is 7. The molecule has 5 N–H and O–H groups in total. The zero-order valence-corrected chi connectivity index (χ0v) is 17.2. The number of ether oxygens (including phenoxy) is 1. The molecule has 29 heavy (non-hydrogen) atoms. The van der Waals surface area contributed by atoms with Crippen molar-refractivity contribution < 1.29 is 9.53 Å². The van der Waals surface area contributed by atoms with Crippen molar-refractivity contribution in [2.75, 3.05) is 22.6 Å². The highest BCUT2D eigenvalue weighted by Crippen LogP contribution is 2.29. The molecule has 8 nitrogen and oxygen atoms in total. The highest BCUT2D eigenvalue weighted by Gasteiger charge is 2.11. The Morgan fingerprint density at radius 3 is 2.76 bits per heavy atom. The maximum absolute atomic E-state index is 11.2. The number of anilines is 3. The van der Waals surface area contributed by atoms with E-state index in [9.17, 15) is 4.79 Å². The molecule has 0 radical (unpaired) electrons. The van der Waals surface area contributed by atoms with E-state index in [0.29, 0.717) is 28.8 Å². The average Bonchev–Trinajstić information content (AvgIpc) is 3.05. The molecule has 9 heteroatoms. The summed E-state index contributed by atoms with van der Waals surface area (Å²) in [5, 5.41) is 9.25. The van der Waals surface area contributed by atoms with Gasteiger partial charge in [-0.2, -0.15) is 0 Å². The summed E-state index contributed by atoms with van der Waals surface area (Å²) in [7, 11) is 1.94. The lowest BCUT2D eigenvalue weighted by Crippen LogP contribution is -2.21. The molecule has 3 aromatic rings. The Bertz CT molecular complexity index is 1030. The van der Waals surface area contributed by atoms with Crippen LogP contribution in [0.25, 0.3) is 11.0 Å². The van der Waals surface area contributed by atoms with Gasteiger partial charge in [-0.3, -0.25) is 0 Å². The summed E-state index contributed by atoms with van der Waals surface area (Å²) < 4.78 is 7.79. The molecule has 0 saturated carbocycles. The number of aryl methyl sites for hydroxylation is 1. The Kier molecular flexibility index (Phi) is 6.50. The Morgan fingerprint density at radius 2 is 2.00 bits per heavy atom. The number of thiocarbonyl (C=S) groups is 1. The number of nitrogens with two attached hydrogens (primary N) is 1. The highest BCUT2D eigenvalue weighted by atomic mass is 32.1. The zero-order chi connectivity index (χ0) is 20.8. The Morgan fingerprint density at radius 1 is 1.21 bits per heavy atom. The van der Waals surface area contributed by atoms with Crippen molar-refractivity contribution >= 4 is 51.5 Å². The highest BCUT2D eigenvalue weighted by molar-refractivity contribution is 7.80. The summed E-state index contributed by atoms with van der Waals surface area (Å²) in [6.45, 7) is 2.68. The monoisotopic (exact) mass is 412 g/mol. The molecule has 2 aromatic carbocycles. The second-order valence-corrected chi connectivity index (χ2v) is 6.92. The maximum atomic E-state index is 11.2. The third-order valence-corrected chi connectivity index (χ3v) is 4.46. The van der Waals surface area contributed by atoms with Crippen LogP contribution < -0.4 is 26.4 Å². The molecule has 0 atom stereocenters. The summed E-state index contributed by atoms with van der Waals surface area (Å²) in [4.78, 5) is 15.6. The lowest BCUT2D eigenvalue weighted by Gasteiger charge is -2.16. The van der Waals surface area contributed by atoms with Crippen molar-refractivity contribution in [3.8, 4) is 5.75 Å². The number of nitrogens with one attached hydrogen (secondary N) is 3. The number of nitrogens with zero attached hydrogens (tertiary/aromatic N) is 2. The van der Waals surface area contributed by atoms with Crippen molar-refractivity contribution in [2.24, 2.45) is 12.8 Å². The third kappa shape index (κ3) is 5.14. The van der Waals surface area contributed by atoms with Gasteiger partial charge in [0.25, 0.3) is 0 Å². The van der Waals surface area contributed by atoms with Crippen molar-refractivity contribution in [3.05, 3.63) is 42.7 Å². The van der Waals surface area contributed by atoms with E-state index in [1.165, 1.54) is 0 Å². The Labute approximate surface area is 174 Å². The van der Waals surface area contributed by atoms with Crippen LogP contribution in [0.2, 0.25) is 0 Å².